The van der Waals surface area contributed by atoms with Crippen LogP contribution in [0.1, 0.15) is 5.56 Å². The molecule has 1 aliphatic heterocycles. The first kappa shape index (κ1) is 18.4. The van der Waals surface area contributed by atoms with Gasteiger partial charge in [-0.3, -0.25) is 0 Å². The molecule has 4 rings (SSSR count). The molecule has 1 aromatic heterocycles. The highest BCUT2D eigenvalue weighted by molar-refractivity contribution is 5.62. The van der Waals surface area contributed by atoms with Crippen molar-refractivity contribution in [3.63, 3.8) is 0 Å². The van der Waals surface area contributed by atoms with E-state index in [2.05, 4.69) is 26.9 Å². The van der Waals surface area contributed by atoms with E-state index in [9.17, 15) is 13.2 Å². The molecule has 1 fully saturated rings. The van der Waals surface area contributed by atoms with Gasteiger partial charge in [0.15, 0.2) is 0 Å². The number of nitrogens with zero attached hydrogens (tertiary/aromatic N) is 4. The van der Waals surface area contributed by atoms with Crippen LogP contribution in [0.5, 0.6) is 0 Å². The fourth-order valence-electron chi connectivity index (χ4n) is 3.55. The molecule has 7 heteroatoms. The number of hydrogen-bond acceptors (Lipinski definition) is 3. The van der Waals surface area contributed by atoms with Gasteiger partial charge in [0.2, 0.25) is 5.95 Å². The maximum atomic E-state index is 13.0. The second kappa shape index (κ2) is 7.22. The molecule has 0 radical (unpaired) electrons. The quantitative estimate of drug-likeness (QED) is 0.666. The van der Waals surface area contributed by atoms with Crippen LogP contribution in [0.15, 0.2) is 60.8 Å². The third-order valence-electron chi connectivity index (χ3n) is 5.02. The molecule has 4 nitrogen and oxygen atoms in total. The summed E-state index contributed by atoms with van der Waals surface area (Å²) in [6, 6.07) is 15.6. The van der Waals surface area contributed by atoms with E-state index in [0.717, 1.165) is 44.3 Å². The van der Waals surface area contributed by atoms with E-state index in [1.807, 2.05) is 29.8 Å². The highest BCUT2D eigenvalue weighted by Crippen LogP contribution is 2.32. The van der Waals surface area contributed by atoms with Gasteiger partial charge in [-0.15, -0.1) is 0 Å². The number of imidazole rings is 1. The zero-order chi connectivity index (χ0) is 19.7. The summed E-state index contributed by atoms with van der Waals surface area (Å²) in [5.74, 6) is 0.778. The minimum absolute atomic E-state index is 0.472. The van der Waals surface area contributed by atoms with Crippen LogP contribution in [0.25, 0.3) is 11.3 Å². The number of aromatic nitrogens is 2. The molecular formula is C21H21F3N4. The predicted molar refractivity (Wildman–Crippen MR) is 105 cm³/mol. The van der Waals surface area contributed by atoms with Gasteiger partial charge in [-0.25, -0.2) is 4.98 Å². The van der Waals surface area contributed by atoms with Crippen LogP contribution in [0.3, 0.4) is 0 Å². The van der Waals surface area contributed by atoms with Crippen molar-refractivity contribution in [3.8, 4) is 11.3 Å². The number of piperazine rings is 1. The summed E-state index contributed by atoms with van der Waals surface area (Å²) in [4.78, 5) is 9.13. The van der Waals surface area contributed by atoms with E-state index in [1.165, 1.54) is 11.8 Å². The monoisotopic (exact) mass is 386 g/mol. The van der Waals surface area contributed by atoms with Crippen molar-refractivity contribution in [3.05, 3.63) is 66.4 Å². The summed E-state index contributed by atoms with van der Waals surface area (Å²) < 4.78 is 40.9. The molecule has 0 amide bonds. The Labute approximate surface area is 161 Å². The van der Waals surface area contributed by atoms with Gasteiger partial charge >= 0.3 is 6.18 Å². The van der Waals surface area contributed by atoms with Crippen LogP contribution >= 0.6 is 0 Å². The number of hydrogen-bond donors (Lipinski definition) is 0. The molecule has 28 heavy (non-hydrogen) atoms. The number of anilines is 2. The van der Waals surface area contributed by atoms with E-state index in [-0.39, 0.29) is 0 Å². The number of aryl methyl sites for hydroxylation is 1. The van der Waals surface area contributed by atoms with Gasteiger partial charge in [-0.2, -0.15) is 13.2 Å². The van der Waals surface area contributed by atoms with Crippen molar-refractivity contribution in [1.82, 2.24) is 9.55 Å². The predicted octanol–water partition coefficient (Wildman–Crippen LogP) is 4.43. The molecule has 2 aromatic carbocycles. The smallest absolute Gasteiger partial charge is 0.368 e. The Balaban J connectivity index is 1.51. The lowest BCUT2D eigenvalue weighted by molar-refractivity contribution is -0.137. The molecule has 0 bridgehead atoms. The maximum absolute atomic E-state index is 13.0. The fourth-order valence-corrected chi connectivity index (χ4v) is 3.55. The standard InChI is InChI=1S/C21H21F3N4/c1-26-15-19(16-6-5-7-17(14-16)21(22,23)24)25-20(26)28-12-10-27(11-13-28)18-8-3-2-4-9-18/h2-9,14-15H,10-13H2,1H3. The fraction of sp³-hybridized carbons (Fsp3) is 0.286. The normalized spacial score (nSPS) is 15.1. The third-order valence-corrected chi connectivity index (χ3v) is 5.02. The number of benzene rings is 2. The molecule has 0 N–H and O–H groups in total. The van der Waals surface area contributed by atoms with Crippen LogP contribution < -0.4 is 9.80 Å². The Bertz CT molecular complexity index is 942. The molecular weight excluding hydrogens is 365 g/mol. The van der Waals surface area contributed by atoms with Crippen molar-refractivity contribution in [1.29, 1.82) is 0 Å². The average molecular weight is 386 g/mol. The number of rotatable bonds is 3. The zero-order valence-corrected chi connectivity index (χ0v) is 15.5. The molecule has 0 unspecified atom stereocenters. The second-order valence-electron chi connectivity index (χ2n) is 6.93. The minimum atomic E-state index is -4.36. The highest BCUT2D eigenvalue weighted by Gasteiger charge is 2.30. The van der Waals surface area contributed by atoms with E-state index >= 15 is 0 Å². The summed E-state index contributed by atoms with van der Waals surface area (Å²) in [6.07, 6.45) is -2.57. The SMILES string of the molecule is Cn1cc(-c2cccc(C(F)(F)F)c2)nc1N1CCN(c2ccccc2)CC1. The summed E-state index contributed by atoms with van der Waals surface area (Å²) in [5.41, 5.74) is 1.56. The first-order valence-corrected chi connectivity index (χ1v) is 9.18. The first-order valence-electron chi connectivity index (χ1n) is 9.18. The lowest BCUT2D eigenvalue weighted by atomic mass is 10.1. The second-order valence-corrected chi connectivity index (χ2v) is 6.93. The van der Waals surface area contributed by atoms with Crippen molar-refractivity contribution >= 4 is 11.6 Å². The summed E-state index contributed by atoms with van der Waals surface area (Å²) >= 11 is 0. The van der Waals surface area contributed by atoms with Crippen molar-refractivity contribution < 1.29 is 13.2 Å². The summed E-state index contributed by atoms with van der Waals surface area (Å²) in [6.45, 7) is 3.36. The molecule has 0 saturated carbocycles. The van der Waals surface area contributed by atoms with Gasteiger partial charge in [0.25, 0.3) is 0 Å². The van der Waals surface area contributed by atoms with Gasteiger partial charge in [0.05, 0.1) is 11.3 Å². The van der Waals surface area contributed by atoms with E-state index < -0.39 is 11.7 Å². The van der Waals surface area contributed by atoms with Crippen LogP contribution in [0.4, 0.5) is 24.8 Å². The molecule has 0 atom stereocenters. The molecule has 1 saturated heterocycles. The van der Waals surface area contributed by atoms with Crippen LogP contribution in [-0.2, 0) is 13.2 Å². The van der Waals surface area contributed by atoms with Gasteiger partial charge in [0, 0.05) is 50.7 Å². The van der Waals surface area contributed by atoms with Crippen molar-refractivity contribution in [2.75, 3.05) is 36.0 Å². The lowest BCUT2D eigenvalue weighted by Crippen LogP contribution is -2.47. The van der Waals surface area contributed by atoms with Gasteiger partial charge in [-0.1, -0.05) is 30.3 Å². The highest BCUT2D eigenvalue weighted by atomic mass is 19.4. The molecule has 3 aromatic rings. The van der Waals surface area contributed by atoms with Crippen LogP contribution in [-0.4, -0.2) is 35.7 Å². The largest absolute Gasteiger partial charge is 0.416 e. The lowest BCUT2D eigenvalue weighted by Gasteiger charge is -2.36. The van der Waals surface area contributed by atoms with Gasteiger partial charge in [0.1, 0.15) is 0 Å². The number of para-hydroxylation sites is 1. The molecule has 2 heterocycles. The van der Waals surface area contributed by atoms with Crippen LogP contribution in [0.2, 0.25) is 0 Å². The minimum Gasteiger partial charge on any atom is -0.368 e. The average Bonchev–Trinajstić information content (AvgIpc) is 3.10. The Kier molecular flexibility index (Phi) is 4.75. The van der Waals surface area contributed by atoms with Crippen molar-refractivity contribution in [2.45, 2.75) is 6.18 Å². The van der Waals surface area contributed by atoms with E-state index in [0.29, 0.717) is 11.3 Å². The molecule has 0 aliphatic carbocycles. The van der Waals surface area contributed by atoms with Crippen molar-refractivity contribution in [2.24, 2.45) is 7.05 Å². The molecule has 146 valence electrons. The maximum Gasteiger partial charge on any atom is 0.416 e. The summed E-state index contributed by atoms with van der Waals surface area (Å²) in [5, 5.41) is 0. The van der Waals surface area contributed by atoms with Gasteiger partial charge in [-0.05, 0) is 24.3 Å². The topological polar surface area (TPSA) is 24.3 Å². The summed E-state index contributed by atoms with van der Waals surface area (Å²) in [7, 11) is 1.88. The van der Waals surface area contributed by atoms with Crippen LogP contribution in [0, 0.1) is 0 Å². The Morgan fingerprint density at radius 3 is 2.21 bits per heavy atom. The van der Waals surface area contributed by atoms with Gasteiger partial charge < -0.3 is 14.4 Å². The third kappa shape index (κ3) is 3.69. The Morgan fingerprint density at radius 2 is 1.54 bits per heavy atom. The molecule has 1 aliphatic rings. The first-order chi connectivity index (χ1) is 13.4. The number of alkyl halides is 3. The van der Waals surface area contributed by atoms with E-state index in [4.69, 9.17) is 0 Å². The zero-order valence-electron chi connectivity index (χ0n) is 15.5. The number of halogens is 3. The molecule has 0 spiro atoms. The Morgan fingerprint density at radius 1 is 0.857 bits per heavy atom. The Hall–Kier alpha value is -2.96. The van der Waals surface area contributed by atoms with E-state index in [1.54, 1.807) is 12.3 Å².